The quantitative estimate of drug-likeness (QED) is 0.525. The summed E-state index contributed by atoms with van der Waals surface area (Å²) in [7, 11) is 0. The van der Waals surface area contributed by atoms with Crippen LogP contribution in [0.25, 0.3) is 0 Å². The second-order valence-electron chi connectivity index (χ2n) is 8.46. The van der Waals surface area contributed by atoms with E-state index in [0.29, 0.717) is 17.8 Å². The summed E-state index contributed by atoms with van der Waals surface area (Å²) < 4.78 is 0. The molecule has 172 valence electrons. The summed E-state index contributed by atoms with van der Waals surface area (Å²) in [6.45, 7) is 9.82. The lowest BCUT2D eigenvalue weighted by Gasteiger charge is -2.36. The van der Waals surface area contributed by atoms with Gasteiger partial charge < -0.3 is 20.9 Å². The monoisotopic (exact) mass is 437 g/mol. The first kappa shape index (κ1) is 23.6. The van der Waals surface area contributed by atoms with Crippen molar-refractivity contribution < 1.29 is 9.59 Å². The Morgan fingerprint density at radius 3 is 2.25 bits per heavy atom. The SMILES string of the molecule is CC(C)NC(=O)Nc1ccc(C(=O)NCCCCN2CCN(c3ccccc3)CC2)cc1. The molecule has 7 nitrogen and oxygen atoms in total. The van der Waals surface area contributed by atoms with Gasteiger partial charge in [0.15, 0.2) is 0 Å². The average Bonchev–Trinajstić information content (AvgIpc) is 2.79. The molecule has 32 heavy (non-hydrogen) atoms. The third kappa shape index (κ3) is 7.57. The summed E-state index contributed by atoms with van der Waals surface area (Å²) in [5.74, 6) is -0.0837. The molecule has 1 aliphatic heterocycles. The van der Waals surface area contributed by atoms with E-state index in [0.717, 1.165) is 45.6 Å². The molecule has 7 heteroatoms. The Morgan fingerprint density at radius 2 is 1.59 bits per heavy atom. The minimum atomic E-state index is -0.251. The van der Waals surface area contributed by atoms with Crippen molar-refractivity contribution in [2.45, 2.75) is 32.7 Å². The van der Waals surface area contributed by atoms with Crippen LogP contribution in [0.15, 0.2) is 54.6 Å². The number of amides is 3. The molecule has 3 amide bonds. The third-order valence-corrected chi connectivity index (χ3v) is 5.51. The van der Waals surface area contributed by atoms with Crippen LogP contribution in [-0.2, 0) is 0 Å². The van der Waals surface area contributed by atoms with Gasteiger partial charge in [0, 0.05) is 55.7 Å². The molecule has 0 unspecified atom stereocenters. The molecular formula is C25H35N5O2. The van der Waals surface area contributed by atoms with Crippen LogP contribution in [0.5, 0.6) is 0 Å². The standard InChI is InChI=1S/C25H35N5O2/c1-20(2)27-25(32)28-22-12-10-21(11-13-22)24(31)26-14-6-7-15-29-16-18-30(19-17-29)23-8-4-3-5-9-23/h3-5,8-13,20H,6-7,14-19H2,1-2H3,(H,26,31)(H2,27,28,32). The Labute approximate surface area is 191 Å². The molecule has 0 aliphatic carbocycles. The summed E-state index contributed by atoms with van der Waals surface area (Å²) >= 11 is 0. The van der Waals surface area contributed by atoms with Crippen molar-refractivity contribution in [2.24, 2.45) is 0 Å². The van der Waals surface area contributed by atoms with Gasteiger partial charge in [0.05, 0.1) is 0 Å². The van der Waals surface area contributed by atoms with E-state index < -0.39 is 0 Å². The zero-order chi connectivity index (χ0) is 22.8. The minimum Gasteiger partial charge on any atom is -0.369 e. The highest BCUT2D eigenvalue weighted by molar-refractivity contribution is 5.95. The van der Waals surface area contributed by atoms with E-state index in [1.54, 1.807) is 24.3 Å². The summed E-state index contributed by atoms with van der Waals surface area (Å²) in [5, 5.41) is 8.51. The number of rotatable bonds is 9. The van der Waals surface area contributed by atoms with E-state index in [1.165, 1.54) is 5.69 Å². The van der Waals surface area contributed by atoms with E-state index >= 15 is 0 Å². The fourth-order valence-corrected chi connectivity index (χ4v) is 3.77. The van der Waals surface area contributed by atoms with E-state index in [1.807, 2.05) is 13.8 Å². The first-order valence-corrected chi connectivity index (χ1v) is 11.5. The second-order valence-corrected chi connectivity index (χ2v) is 8.46. The number of unbranched alkanes of at least 4 members (excludes halogenated alkanes) is 1. The third-order valence-electron chi connectivity index (χ3n) is 5.51. The van der Waals surface area contributed by atoms with E-state index in [-0.39, 0.29) is 18.0 Å². The molecule has 0 aromatic heterocycles. The summed E-state index contributed by atoms with van der Waals surface area (Å²) in [5.41, 5.74) is 2.56. The van der Waals surface area contributed by atoms with Crippen molar-refractivity contribution >= 4 is 23.3 Å². The number of hydrogen-bond donors (Lipinski definition) is 3. The van der Waals surface area contributed by atoms with Crippen molar-refractivity contribution in [1.29, 1.82) is 0 Å². The molecule has 3 N–H and O–H groups in total. The fourth-order valence-electron chi connectivity index (χ4n) is 3.77. The molecular weight excluding hydrogens is 402 g/mol. The predicted octanol–water partition coefficient (Wildman–Crippen LogP) is 3.55. The first-order valence-electron chi connectivity index (χ1n) is 11.5. The molecule has 0 saturated carbocycles. The van der Waals surface area contributed by atoms with Gasteiger partial charge in [-0.15, -0.1) is 0 Å². The van der Waals surface area contributed by atoms with Crippen LogP contribution >= 0.6 is 0 Å². The molecule has 0 bridgehead atoms. The lowest BCUT2D eigenvalue weighted by atomic mass is 10.2. The summed E-state index contributed by atoms with van der Waals surface area (Å²) in [6, 6.07) is 17.3. The molecule has 3 rings (SSSR count). The van der Waals surface area contributed by atoms with Crippen LogP contribution < -0.4 is 20.9 Å². The number of anilines is 2. The molecule has 0 atom stereocenters. The van der Waals surface area contributed by atoms with Crippen molar-refractivity contribution in [1.82, 2.24) is 15.5 Å². The number of nitrogens with one attached hydrogen (secondary N) is 3. The van der Waals surface area contributed by atoms with Gasteiger partial charge >= 0.3 is 6.03 Å². The number of hydrogen-bond acceptors (Lipinski definition) is 4. The van der Waals surface area contributed by atoms with Gasteiger partial charge in [0.2, 0.25) is 0 Å². The lowest BCUT2D eigenvalue weighted by molar-refractivity contribution is 0.0952. The van der Waals surface area contributed by atoms with Crippen molar-refractivity contribution in [3.8, 4) is 0 Å². The molecule has 1 heterocycles. The number of nitrogens with zero attached hydrogens (tertiary/aromatic N) is 2. The van der Waals surface area contributed by atoms with Crippen molar-refractivity contribution in [3.63, 3.8) is 0 Å². The number of carbonyl (C=O) groups excluding carboxylic acids is 2. The van der Waals surface area contributed by atoms with Gasteiger partial charge in [-0.25, -0.2) is 4.79 Å². The highest BCUT2D eigenvalue weighted by Crippen LogP contribution is 2.15. The lowest BCUT2D eigenvalue weighted by Crippen LogP contribution is -2.46. The Balaban J connectivity index is 1.29. The molecule has 1 aliphatic rings. The smallest absolute Gasteiger partial charge is 0.319 e. The molecule has 1 saturated heterocycles. The molecule has 0 spiro atoms. The predicted molar refractivity (Wildman–Crippen MR) is 130 cm³/mol. The zero-order valence-corrected chi connectivity index (χ0v) is 19.1. The van der Waals surface area contributed by atoms with Crippen LogP contribution in [0.2, 0.25) is 0 Å². The van der Waals surface area contributed by atoms with E-state index in [4.69, 9.17) is 0 Å². The Hall–Kier alpha value is -3.06. The largest absolute Gasteiger partial charge is 0.369 e. The molecule has 0 radical (unpaired) electrons. The number of urea groups is 1. The van der Waals surface area contributed by atoms with Gasteiger partial charge in [0.1, 0.15) is 0 Å². The van der Waals surface area contributed by atoms with Crippen molar-refractivity contribution in [3.05, 3.63) is 60.2 Å². The summed E-state index contributed by atoms with van der Waals surface area (Å²) in [6.07, 6.45) is 2.03. The maximum absolute atomic E-state index is 12.3. The second kappa shape index (κ2) is 12.1. The number of piperazine rings is 1. The fraction of sp³-hybridized carbons (Fsp3) is 0.440. The normalized spacial score (nSPS) is 14.3. The topological polar surface area (TPSA) is 76.7 Å². The molecule has 2 aromatic rings. The van der Waals surface area contributed by atoms with Gasteiger partial charge in [0.25, 0.3) is 5.91 Å². The Morgan fingerprint density at radius 1 is 0.906 bits per heavy atom. The highest BCUT2D eigenvalue weighted by Gasteiger charge is 2.16. The summed E-state index contributed by atoms with van der Waals surface area (Å²) in [4.78, 5) is 29.0. The van der Waals surface area contributed by atoms with Crippen LogP contribution in [0, 0.1) is 0 Å². The maximum atomic E-state index is 12.3. The van der Waals surface area contributed by atoms with Crippen LogP contribution in [-0.4, -0.2) is 62.1 Å². The minimum absolute atomic E-state index is 0.0685. The first-order chi connectivity index (χ1) is 15.5. The Bertz CT molecular complexity index is 846. The van der Waals surface area contributed by atoms with Gasteiger partial charge in [-0.2, -0.15) is 0 Å². The van der Waals surface area contributed by atoms with Gasteiger partial charge in [-0.3, -0.25) is 9.69 Å². The van der Waals surface area contributed by atoms with Crippen LogP contribution in [0.3, 0.4) is 0 Å². The number of carbonyl (C=O) groups is 2. The zero-order valence-electron chi connectivity index (χ0n) is 19.1. The average molecular weight is 438 g/mol. The van der Waals surface area contributed by atoms with Gasteiger partial charge in [-0.1, -0.05) is 18.2 Å². The van der Waals surface area contributed by atoms with Crippen LogP contribution in [0.1, 0.15) is 37.0 Å². The van der Waals surface area contributed by atoms with Crippen molar-refractivity contribution in [2.75, 3.05) is 49.5 Å². The maximum Gasteiger partial charge on any atom is 0.319 e. The highest BCUT2D eigenvalue weighted by atomic mass is 16.2. The van der Waals surface area contributed by atoms with Crippen LogP contribution in [0.4, 0.5) is 16.2 Å². The number of benzene rings is 2. The number of para-hydroxylation sites is 1. The van der Waals surface area contributed by atoms with E-state index in [2.05, 4.69) is 56.1 Å². The molecule has 1 fully saturated rings. The molecule has 2 aromatic carbocycles. The Kier molecular flexibility index (Phi) is 8.92. The van der Waals surface area contributed by atoms with Gasteiger partial charge in [-0.05, 0) is 69.6 Å². The van der Waals surface area contributed by atoms with E-state index in [9.17, 15) is 9.59 Å².